The van der Waals surface area contributed by atoms with Crippen molar-refractivity contribution in [3.8, 4) is 11.4 Å². The number of hydrogen-bond donors (Lipinski definition) is 0. The Bertz CT molecular complexity index is 915. The summed E-state index contributed by atoms with van der Waals surface area (Å²) in [5.41, 5.74) is 4.07. The molecule has 0 aliphatic carbocycles. The van der Waals surface area contributed by atoms with E-state index in [1.54, 1.807) is 6.08 Å². The van der Waals surface area contributed by atoms with Crippen LogP contribution in [-0.2, 0) is 6.42 Å². The van der Waals surface area contributed by atoms with E-state index >= 15 is 0 Å². The van der Waals surface area contributed by atoms with Crippen molar-refractivity contribution in [2.45, 2.75) is 34.1 Å². The number of nitrogens with zero attached hydrogens (tertiary/aromatic N) is 3. The summed E-state index contributed by atoms with van der Waals surface area (Å²) in [6.45, 7) is 12.0. The molecule has 2 aromatic rings. The fourth-order valence-electron chi connectivity index (χ4n) is 2.61. The highest BCUT2D eigenvalue weighted by atomic mass is 15.0. The molecule has 3 nitrogen and oxygen atoms in total. The lowest BCUT2D eigenvalue weighted by atomic mass is 10.1. The molecule has 1 heterocycles. The molecule has 1 aromatic carbocycles. The second-order valence-electron chi connectivity index (χ2n) is 5.96. The molecular weight excluding hydrogens is 330 g/mol. The maximum Gasteiger partial charge on any atom is 0.164 e. The monoisotopic (exact) mass is 357 g/mol. The summed E-state index contributed by atoms with van der Waals surface area (Å²) in [6.07, 6.45) is 14.6. The number of allylic oxidation sites excluding steroid dienone is 9. The van der Waals surface area contributed by atoms with Crippen LogP contribution in [0.3, 0.4) is 0 Å². The fourth-order valence-corrected chi connectivity index (χ4v) is 2.61. The molecule has 3 heteroatoms. The van der Waals surface area contributed by atoms with Gasteiger partial charge in [-0.25, -0.2) is 15.0 Å². The lowest BCUT2D eigenvalue weighted by Crippen LogP contribution is -2.04. The lowest BCUT2D eigenvalue weighted by molar-refractivity contribution is 1.00. The second kappa shape index (κ2) is 10.2. The highest BCUT2D eigenvalue weighted by Gasteiger charge is 2.12. The summed E-state index contributed by atoms with van der Waals surface area (Å²) >= 11 is 0. The average Bonchev–Trinajstić information content (AvgIpc) is 2.72. The fraction of sp³-hybridized carbons (Fsp3) is 0.208. The minimum atomic E-state index is 0.619. The minimum Gasteiger partial charge on any atom is -0.208 e. The first kappa shape index (κ1) is 20.2. The third-order valence-electron chi connectivity index (χ3n) is 4.09. The van der Waals surface area contributed by atoms with Crippen LogP contribution < -0.4 is 0 Å². The average molecular weight is 358 g/mol. The minimum absolute atomic E-state index is 0.619. The summed E-state index contributed by atoms with van der Waals surface area (Å²) in [7, 11) is 0. The molecule has 0 fully saturated rings. The molecule has 0 spiro atoms. The second-order valence-corrected chi connectivity index (χ2v) is 5.96. The summed E-state index contributed by atoms with van der Waals surface area (Å²) in [4.78, 5) is 14.2. The first-order valence-electron chi connectivity index (χ1n) is 9.27. The Balaban J connectivity index is 2.72. The molecule has 0 N–H and O–H groups in total. The predicted molar refractivity (Wildman–Crippen MR) is 116 cm³/mol. The Morgan fingerprint density at radius 2 is 1.74 bits per heavy atom. The Labute approximate surface area is 162 Å². The predicted octanol–water partition coefficient (Wildman–Crippen LogP) is 6.23. The summed E-state index contributed by atoms with van der Waals surface area (Å²) in [5.74, 6) is 1.95. The van der Waals surface area contributed by atoms with Gasteiger partial charge in [0.15, 0.2) is 17.5 Å². The van der Waals surface area contributed by atoms with Gasteiger partial charge in [-0.1, -0.05) is 74.2 Å². The van der Waals surface area contributed by atoms with Gasteiger partial charge in [-0.05, 0) is 38.8 Å². The Morgan fingerprint density at radius 3 is 2.33 bits per heavy atom. The van der Waals surface area contributed by atoms with Gasteiger partial charge in [0.2, 0.25) is 0 Å². The zero-order valence-corrected chi connectivity index (χ0v) is 16.6. The van der Waals surface area contributed by atoms with Crippen LogP contribution in [0.15, 0.2) is 73.4 Å². The molecule has 0 aliphatic rings. The zero-order valence-electron chi connectivity index (χ0n) is 16.6. The molecular formula is C24H27N3. The Morgan fingerprint density at radius 1 is 1.00 bits per heavy atom. The molecule has 0 unspecified atom stereocenters. The molecule has 2 rings (SSSR count). The van der Waals surface area contributed by atoms with Crippen LogP contribution in [0.1, 0.15) is 44.9 Å². The van der Waals surface area contributed by atoms with E-state index in [0.717, 1.165) is 23.1 Å². The van der Waals surface area contributed by atoms with Gasteiger partial charge in [0.25, 0.3) is 0 Å². The van der Waals surface area contributed by atoms with Gasteiger partial charge in [0.05, 0.1) is 0 Å². The first-order valence-corrected chi connectivity index (χ1v) is 9.27. The molecule has 1 aromatic heterocycles. The number of hydrogen-bond acceptors (Lipinski definition) is 3. The van der Waals surface area contributed by atoms with Gasteiger partial charge < -0.3 is 0 Å². The van der Waals surface area contributed by atoms with Crippen LogP contribution in [0.25, 0.3) is 22.5 Å². The van der Waals surface area contributed by atoms with Crippen LogP contribution in [0.2, 0.25) is 0 Å². The van der Waals surface area contributed by atoms with Gasteiger partial charge in [0.1, 0.15) is 0 Å². The van der Waals surface area contributed by atoms with Crippen molar-refractivity contribution in [2.24, 2.45) is 0 Å². The molecule has 0 bridgehead atoms. The quantitative estimate of drug-likeness (QED) is 0.552. The van der Waals surface area contributed by atoms with Crippen LogP contribution in [0, 0.1) is 0 Å². The molecule has 0 saturated heterocycles. The Kier molecular flexibility index (Phi) is 7.63. The highest BCUT2D eigenvalue weighted by molar-refractivity contribution is 5.75. The van der Waals surface area contributed by atoms with Crippen LogP contribution >= 0.6 is 0 Å². The van der Waals surface area contributed by atoms with E-state index in [-0.39, 0.29) is 0 Å². The van der Waals surface area contributed by atoms with Crippen molar-refractivity contribution in [3.05, 3.63) is 90.6 Å². The van der Waals surface area contributed by atoms with E-state index in [1.807, 2.05) is 69.4 Å². The van der Waals surface area contributed by atoms with Crippen LogP contribution in [0.5, 0.6) is 0 Å². The van der Waals surface area contributed by atoms with Crippen molar-refractivity contribution in [2.75, 3.05) is 0 Å². The van der Waals surface area contributed by atoms with Gasteiger partial charge in [-0.3, -0.25) is 0 Å². The van der Waals surface area contributed by atoms with Gasteiger partial charge in [-0.15, -0.1) is 0 Å². The van der Waals surface area contributed by atoms with Gasteiger partial charge in [-0.2, -0.15) is 0 Å². The summed E-state index contributed by atoms with van der Waals surface area (Å²) in [5, 5.41) is 0. The molecule has 0 amide bonds. The SMILES string of the molecule is C=C/C(=C\C=C/C)c1nc(C(/C=C\C)=C/C)nc(-c2cccc(CC)c2)n1. The number of aryl methyl sites for hydroxylation is 1. The third-order valence-corrected chi connectivity index (χ3v) is 4.09. The molecule has 0 aliphatic heterocycles. The Hall–Kier alpha value is -3.07. The third kappa shape index (κ3) is 5.20. The maximum atomic E-state index is 4.74. The van der Waals surface area contributed by atoms with Crippen molar-refractivity contribution in [1.29, 1.82) is 0 Å². The van der Waals surface area contributed by atoms with E-state index in [4.69, 9.17) is 15.0 Å². The smallest absolute Gasteiger partial charge is 0.164 e. The molecule has 138 valence electrons. The summed E-state index contributed by atoms with van der Waals surface area (Å²) < 4.78 is 0. The van der Waals surface area contributed by atoms with E-state index in [1.165, 1.54) is 5.56 Å². The highest BCUT2D eigenvalue weighted by Crippen LogP contribution is 2.23. The van der Waals surface area contributed by atoms with Crippen molar-refractivity contribution < 1.29 is 0 Å². The van der Waals surface area contributed by atoms with E-state index in [2.05, 4.69) is 25.6 Å². The molecule has 0 saturated carbocycles. The molecule has 27 heavy (non-hydrogen) atoms. The van der Waals surface area contributed by atoms with E-state index < -0.39 is 0 Å². The number of rotatable bonds is 7. The maximum absolute atomic E-state index is 4.74. The molecule has 0 atom stereocenters. The van der Waals surface area contributed by atoms with Crippen LogP contribution in [0.4, 0.5) is 0 Å². The first-order chi connectivity index (χ1) is 13.2. The normalized spacial score (nSPS) is 12.9. The number of benzene rings is 1. The zero-order chi connectivity index (χ0) is 19.6. The largest absolute Gasteiger partial charge is 0.208 e. The van der Waals surface area contributed by atoms with Gasteiger partial charge in [0, 0.05) is 16.7 Å². The van der Waals surface area contributed by atoms with Crippen molar-refractivity contribution in [1.82, 2.24) is 15.0 Å². The van der Waals surface area contributed by atoms with Crippen LogP contribution in [-0.4, -0.2) is 15.0 Å². The van der Waals surface area contributed by atoms with Crippen molar-refractivity contribution >= 4 is 11.1 Å². The topological polar surface area (TPSA) is 38.7 Å². The van der Waals surface area contributed by atoms with Crippen molar-refractivity contribution in [3.63, 3.8) is 0 Å². The van der Waals surface area contributed by atoms with E-state index in [9.17, 15) is 0 Å². The molecule has 0 radical (unpaired) electrons. The van der Waals surface area contributed by atoms with Gasteiger partial charge >= 0.3 is 0 Å². The number of aromatic nitrogens is 3. The lowest BCUT2D eigenvalue weighted by Gasteiger charge is -2.09. The summed E-state index contributed by atoms with van der Waals surface area (Å²) in [6, 6.07) is 8.34. The standard InChI is InChI=1S/C24H27N3/c1-6-11-15-20(10-5)23-25-22(19(9-4)13-7-2)26-24(27-23)21-16-12-14-18(8-3)17-21/h6-7,9-17H,5,8H2,1-4H3/b11-6-,13-7-,19-9+,20-15+. The van der Waals surface area contributed by atoms with E-state index in [0.29, 0.717) is 17.5 Å².